The van der Waals surface area contributed by atoms with E-state index in [2.05, 4.69) is 161 Å². The highest BCUT2D eigenvalue weighted by atomic mass is 31.2. The molecule has 0 spiro atoms. The molecule has 0 saturated heterocycles. The molecule has 0 bridgehead atoms. The molecule has 0 aliphatic rings. The monoisotopic (exact) mass is 1550 g/mol. The van der Waals surface area contributed by atoms with Crippen LogP contribution in [-0.2, 0) is 65.4 Å². The minimum absolute atomic E-state index is 0.00259. The van der Waals surface area contributed by atoms with Gasteiger partial charge in [-0.25, -0.2) is 9.13 Å². The summed E-state index contributed by atoms with van der Waals surface area (Å²) < 4.78 is 68.6. The lowest BCUT2D eigenvalue weighted by atomic mass is 10.0. The Morgan fingerprint density at radius 2 is 0.491 bits per heavy atom. The van der Waals surface area contributed by atoms with Gasteiger partial charge in [0.05, 0.1) is 26.4 Å². The lowest BCUT2D eigenvalue weighted by Gasteiger charge is -2.21. The zero-order valence-electron chi connectivity index (χ0n) is 67.5. The third-order valence-corrected chi connectivity index (χ3v) is 18.9. The van der Waals surface area contributed by atoms with Crippen LogP contribution in [-0.4, -0.2) is 96.7 Å². The van der Waals surface area contributed by atoms with Crippen LogP contribution in [0.1, 0.15) is 323 Å². The van der Waals surface area contributed by atoms with Crippen LogP contribution in [0, 0.1) is 0 Å². The van der Waals surface area contributed by atoms with Gasteiger partial charge in [-0.2, -0.15) is 0 Å². The summed E-state index contributed by atoms with van der Waals surface area (Å²) in [4.78, 5) is 73.1. The van der Waals surface area contributed by atoms with E-state index in [1.54, 1.807) is 0 Å². The summed E-state index contributed by atoms with van der Waals surface area (Å²) in [6.45, 7) is 4.56. The molecule has 0 saturated carbocycles. The summed E-state index contributed by atoms with van der Waals surface area (Å²) in [6, 6.07) is 0. The summed E-state index contributed by atoms with van der Waals surface area (Å²) in [5, 5.41) is 10.7. The fourth-order valence-electron chi connectivity index (χ4n) is 10.6. The van der Waals surface area contributed by atoms with Crippen LogP contribution in [0.2, 0.25) is 0 Å². The van der Waals surface area contributed by atoms with Gasteiger partial charge in [0.15, 0.2) is 12.2 Å². The van der Waals surface area contributed by atoms with Crippen LogP contribution in [0.3, 0.4) is 0 Å². The summed E-state index contributed by atoms with van der Waals surface area (Å²) >= 11 is 0. The van der Waals surface area contributed by atoms with Gasteiger partial charge in [0, 0.05) is 25.7 Å². The summed E-state index contributed by atoms with van der Waals surface area (Å²) in [5.74, 6) is -2.34. The van der Waals surface area contributed by atoms with E-state index in [0.717, 1.165) is 128 Å². The molecular weight excluding hydrogens is 1400 g/mol. The quantitative estimate of drug-likeness (QED) is 0.0169. The first-order valence-corrected chi connectivity index (χ1v) is 44.7. The number of hydrogen-bond donors (Lipinski definition) is 3. The molecule has 108 heavy (non-hydrogen) atoms. The average Bonchev–Trinajstić information content (AvgIpc) is 0.901. The Morgan fingerprint density at radius 3 is 0.806 bits per heavy atom. The van der Waals surface area contributed by atoms with E-state index in [1.807, 2.05) is 24.3 Å². The molecular formula is C89H148O17P2. The molecule has 5 atom stereocenters. The van der Waals surface area contributed by atoms with Crippen molar-refractivity contribution >= 4 is 39.5 Å². The van der Waals surface area contributed by atoms with E-state index in [4.69, 9.17) is 37.0 Å². The maximum absolute atomic E-state index is 13.1. The van der Waals surface area contributed by atoms with Gasteiger partial charge in [0.25, 0.3) is 0 Å². The van der Waals surface area contributed by atoms with E-state index in [9.17, 15) is 43.2 Å². The molecule has 0 aliphatic heterocycles. The minimum atomic E-state index is -5.01. The standard InChI is InChI=1S/C89H148O17P2/c1-5-9-13-17-21-25-29-33-37-40-41-44-47-50-54-58-62-66-70-74-87(92)100-79-84(105-88(93)75-71-67-63-59-55-51-45-36-32-28-24-20-16-12-8-4)81-103-107(95,96)101-77-83(90)78-102-108(97,98)104-82-85(106-89(94)76-72-68-64-60-56-52-48-43-39-35-31-27-23-19-15-11-7-3)80-99-86(91)73-69-65-61-57-53-49-46-42-38-34-30-26-22-18-14-10-6-2/h9,13,21-23,25-27,33-35,37-39,41,44,46,48-50,52,54,57,60-61,64,83-85,90H,5-8,10-12,14-20,24,28-32,36,40,42-43,45,47,51,53,55-56,58-59,62-63,65-82H2,1-4H3,(H,95,96)(H,97,98)/b13-9-,25-21-,26-22-,27-23-,37-33-,38-34-,39-35-,44-41-,49-46-,52-48-,54-50-,61-57-,64-60-/t83-,84-,85-/m1/s1. The topological polar surface area (TPSA) is 237 Å². The van der Waals surface area contributed by atoms with Crippen molar-refractivity contribution in [3.05, 3.63) is 158 Å². The largest absolute Gasteiger partial charge is 0.472 e. The van der Waals surface area contributed by atoms with Gasteiger partial charge in [0.1, 0.15) is 19.3 Å². The smallest absolute Gasteiger partial charge is 0.462 e. The van der Waals surface area contributed by atoms with Crippen molar-refractivity contribution in [2.45, 2.75) is 341 Å². The zero-order chi connectivity index (χ0) is 78.9. The molecule has 0 amide bonds. The summed E-state index contributed by atoms with van der Waals surface area (Å²) in [7, 11) is -10.0. The third kappa shape index (κ3) is 78.8. The predicted molar refractivity (Wildman–Crippen MR) is 445 cm³/mol. The predicted octanol–water partition coefficient (Wildman–Crippen LogP) is 24.8. The fraction of sp³-hybridized carbons (Fsp3) is 0.663. The Kier molecular flexibility index (Phi) is 75.8. The van der Waals surface area contributed by atoms with Gasteiger partial charge < -0.3 is 33.8 Å². The van der Waals surface area contributed by atoms with Gasteiger partial charge >= 0.3 is 39.5 Å². The van der Waals surface area contributed by atoms with Gasteiger partial charge in [-0.05, 0) is 148 Å². The van der Waals surface area contributed by atoms with Crippen molar-refractivity contribution in [2.24, 2.45) is 0 Å². The van der Waals surface area contributed by atoms with E-state index in [-0.39, 0.29) is 25.7 Å². The van der Waals surface area contributed by atoms with Crippen LogP contribution in [0.15, 0.2) is 158 Å². The summed E-state index contributed by atoms with van der Waals surface area (Å²) in [5.41, 5.74) is 0. The van der Waals surface area contributed by atoms with E-state index < -0.39 is 97.5 Å². The zero-order valence-corrected chi connectivity index (χ0v) is 69.3. The minimum Gasteiger partial charge on any atom is -0.462 e. The molecule has 19 heteroatoms. The number of carbonyl (C=O) groups excluding carboxylic acids is 4. The Balaban J connectivity index is 5.50. The summed E-state index contributed by atoms with van der Waals surface area (Å²) in [6.07, 6.45) is 93.7. The number of phosphoric ester groups is 2. The fourth-order valence-corrected chi connectivity index (χ4v) is 12.2. The number of hydrogen-bond acceptors (Lipinski definition) is 15. The number of esters is 4. The molecule has 17 nitrogen and oxygen atoms in total. The lowest BCUT2D eigenvalue weighted by Crippen LogP contribution is -2.30. The van der Waals surface area contributed by atoms with Crippen LogP contribution in [0.25, 0.3) is 0 Å². The van der Waals surface area contributed by atoms with Crippen molar-refractivity contribution < 1.29 is 80.2 Å². The van der Waals surface area contributed by atoms with Gasteiger partial charge in [-0.1, -0.05) is 308 Å². The molecule has 0 aliphatic carbocycles. The Labute approximate surface area is 655 Å². The van der Waals surface area contributed by atoms with Crippen LogP contribution >= 0.6 is 15.6 Å². The second-order valence-electron chi connectivity index (χ2n) is 27.3. The van der Waals surface area contributed by atoms with Crippen LogP contribution in [0.5, 0.6) is 0 Å². The molecule has 0 rings (SSSR count). The first-order valence-electron chi connectivity index (χ1n) is 41.7. The first-order chi connectivity index (χ1) is 52.7. The second kappa shape index (κ2) is 79.8. The normalized spacial score (nSPS) is 14.6. The third-order valence-electron chi connectivity index (χ3n) is 17.0. The molecule has 0 aromatic carbocycles. The number of rotatable bonds is 77. The van der Waals surface area contributed by atoms with Crippen LogP contribution < -0.4 is 0 Å². The van der Waals surface area contributed by atoms with Crippen LogP contribution in [0.4, 0.5) is 0 Å². The number of allylic oxidation sites excluding steroid dienone is 26. The molecule has 0 aromatic rings. The van der Waals surface area contributed by atoms with Crippen molar-refractivity contribution in [3.8, 4) is 0 Å². The Bertz CT molecular complexity index is 2660. The SMILES string of the molecule is CC/C=C\C/C=C\C/C=C\C/C=C\C/C=C\CCCCCC(=O)OC[C@H](COP(=O)(O)OC[C@@H](O)COP(=O)(O)OC[C@@H](COC(=O)CCC/C=C\C/C=C\C/C=C\C/C=C\CCCCC)OC(=O)CCC/C=C\C/C=C\C/C=C\C/C=C\CCCCC)OC(=O)CCCCCCCCCCCCCCCCC. The average molecular weight is 1550 g/mol. The Hall–Kier alpha value is -5.32. The number of unbranched alkanes of at least 4 members (excludes halogenated alkanes) is 25. The highest BCUT2D eigenvalue weighted by Gasteiger charge is 2.30. The number of aliphatic hydroxyl groups is 1. The maximum atomic E-state index is 13.1. The van der Waals surface area contributed by atoms with Crippen molar-refractivity contribution in [1.29, 1.82) is 0 Å². The molecule has 0 fully saturated rings. The lowest BCUT2D eigenvalue weighted by molar-refractivity contribution is -0.161. The van der Waals surface area contributed by atoms with Crippen molar-refractivity contribution in [1.82, 2.24) is 0 Å². The maximum Gasteiger partial charge on any atom is 0.472 e. The molecule has 0 radical (unpaired) electrons. The van der Waals surface area contributed by atoms with E-state index in [1.165, 1.54) is 103 Å². The number of phosphoric acid groups is 2. The van der Waals surface area contributed by atoms with Gasteiger partial charge in [-0.3, -0.25) is 37.3 Å². The Morgan fingerprint density at radius 1 is 0.269 bits per heavy atom. The second-order valence-corrected chi connectivity index (χ2v) is 30.2. The van der Waals surface area contributed by atoms with E-state index >= 15 is 0 Å². The molecule has 0 aromatic heterocycles. The molecule has 0 heterocycles. The van der Waals surface area contributed by atoms with Crippen molar-refractivity contribution in [2.75, 3.05) is 39.6 Å². The molecule has 3 N–H and O–H groups in total. The van der Waals surface area contributed by atoms with Gasteiger partial charge in [0.2, 0.25) is 0 Å². The number of carbonyl (C=O) groups is 4. The van der Waals surface area contributed by atoms with Crippen molar-refractivity contribution in [3.63, 3.8) is 0 Å². The van der Waals surface area contributed by atoms with E-state index in [0.29, 0.717) is 38.5 Å². The molecule has 616 valence electrons. The highest BCUT2D eigenvalue weighted by Crippen LogP contribution is 2.45. The van der Waals surface area contributed by atoms with Gasteiger partial charge in [-0.15, -0.1) is 0 Å². The number of aliphatic hydroxyl groups excluding tert-OH is 1. The number of ether oxygens (including phenoxy) is 4. The highest BCUT2D eigenvalue weighted by molar-refractivity contribution is 7.47. The molecule has 2 unspecified atom stereocenters. The first kappa shape index (κ1) is 103.